The van der Waals surface area contributed by atoms with Gasteiger partial charge in [0.2, 0.25) is 0 Å². The van der Waals surface area contributed by atoms with Crippen LogP contribution >= 0.6 is 0 Å². The monoisotopic (exact) mass is 239 g/mol. The number of aryl methyl sites for hydroxylation is 1. The summed E-state index contributed by atoms with van der Waals surface area (Å²) < 4.78 is 7.58. The van der Waals surface area contributed by atoms with Crippen molar-refractivity contribution in [3.63, 3.8) is 0 Å². The zero-order valence-electron chi connectivity index (χ0n) is 11.7. The summed E-state index contributed by atoms with van der Waals surface area (Å²) in [6, 6.07) is 0.453. The number of ether oxygens (including phenoxy) is 1. The molecule has 0 saturated heterocycles. The fourth-order valence-corrected chi connectivity index (χ4v) is 1.96. The molecule has 98 valence electrons. The van der Waals surface area contributed by atoms with E-state index < -0.39 is 0 Å². The van der Waals surface area contributed by atoms with Gasteiger partial charge in [0, 0.05) is 38.6 Å². The zero-order chi connectivity index (χ0) is 12.9. The summed E-state index contributed by atoms with van der Waals surface area (Å²) in [6.45, 7) is 10.4. The first-order chi connectivity index (χ1) is 7.94. The van der Waals surface area contributed by atoms with Gasteiger partial charge in [0.25, 0.3) is 0 Å². The second-order valence-electron chi connectivity index (χ2n) is 5.19. The molecule has 0 aliphatic heterocycles. The minimum Gasteiger partial charge on any atom is -0.379 e. The maximum absolute atomic E-state index is 5.42. The lowest BCUT2D eigenvalue weighted by Crippen LogP contribution is -2.37. The summed E-state index contributed by atoms with van der Waals surface area (Å²) in [4.78, 5) is 4.20. The number of imidazole rings is 1. The Labute approximate surface area is 104 Å². The average Bonchev–Trinajstić information content (AvgIpc) is 2.64. The molecule has 0 radical (unpaired) electrons. The topological polar surface area (TPSA) is 39.1 Å². The number of hydrogen-bond donors (Lipinski definition) is 1. The van der Waals surface area contributed by atoms with Crippen molar-refractivity contribution in [1.29, 1.82) is 0 Å². The smallest absolute Gasteiger partial charge is 0.105 e. The summed E-state index contributed by atoms with van der Waals surface area (Å²) in [5.74, 6) is 1.07. The van der Waals surface area contributed by atoms with E-state index in [4.69, 9.17) is 4.74 Å². The van der Waals surface area contributed by atoms with E-state index >= 15 is 0 Å². The van der Waals surface area contributed by atoms with Crippen molar-refractivity contribution in [3.8, 4) is 0 Å². The van der Waals surface area contributed by atoms with Crippen molar-refractivity contribution < 1.29 is 4.74 Å². The number of aromatic nitrogens is 2. The highest BCUT2D eigenvalue weighted by Gasteiger charge is 2.19. The van der Waals surface area contributed by atoms with Gasteiger partial charge in [-0.2, -0.15) is 0 Å². The van der Waals surface area contributed by atoms with Gasteiger partial charge in [-0.3, -0.25) is 0 Å². The number of nitrogens with one attached hydrogen (secondary N) is 1. The Morgan fingerprint density at radius 3 is 2.76 bits per heavy atom. The number of methoxy groups -OCH3 is 1. The Morgan fingerprint density at radius 1 is 1.53 bits per heavy atom. The molecular formula is C13H25N3O. The molecule has 1 rings (SSSR count). The summed E-state index contributed by atoms with van der Waals surface area (Å²) in [6.07, 6.45) is 4.86. The predicted octanol–water partition coefficient (Wildman–Crippen LogP) is 1.98. The highest BCUT2D eigenvalue weighted by Crippen LogP contribution is 2.15. The average molecular weight is 239 g/mol. The van der Waals surface area contributed by atoms with E-state index in [0.29, 0.717) is 6.04 Å². The highest BCUT2D eigenvalue weighted by molar-refractivity contribution is 4.88. The van der Waals surface area contributed by atoms with Gasteiger partial charge in [-0.1, -0.05) is 0 Å². The third-order valence-electron chi connectivity index (χ3n) is 3.12. The molecule has 17 heavy (non-hydrogen) atoms. The fourth-order valence-electron chi connectivity index (χ4n) is 1.96. The lowest BCUT2D eigenvalue weighted by atomic mass is 10.00. The second kappa shape index (κ2) is 6.17. The van der Waals surface area contributed by atoms with Gasteiger partial charge in [-0.25, -0.2) is 4.98 Å². The number of nitrogens with zero attached hydrogens (tertiary/aromatic N) is 2. The molecule has 0 aromatic carbocycles. The molecule has 1 unspecified atom stereocenters. The van der Waals surface area contributed by atoms with Gasteiger partial charge >= 0.3 is 0 Å². The van der Waals surface area contributed by atoms with Gasteiger partial charge in [0.15, 0.2) is 0 Å². The SMILES string of the molecule is COC(C)(C)CC(C)NCCn1ccnc1C. The van der Waals surface area contributed by atoms with Crippen LogP contribution in [0.2, 0.25) is 0 Å². The van der Waals surface area contributed by atoms with E-state index in [-0.39, 0.29) is 5.60 Å². The molecule has 0 aliphatic rings. The van der Waals surface area contributed by atoms with Crippen LogP contribution in [0.5, 0.6) is 0 Å². The van der Waals surface area contributed by atoms with Crippen LogP contribution in [0.1, 0.15) is 33.0 Å². The molecule has 0 bridgehead atoms. The highest BCUT2D eigenvalue weighted by atomic mass is 16.5. The third-order valence-corrected chi connectivity index (χ3v) is 3.12. The molecule has 0 fully saturated rings. The third kappa shape index (κ3) is 4.88. The van der Waals surface area contributed by atoms with Gasteiger partial charge in [-0.05, 0) is 34.1 Å². The van der Waals surface area contributed by atoms with Crippen LogP contribution in [-0.2, 0) is 11.3 Å². The van der Waals surface area contributed by atoms with Crippen LogP contribution in [0.15, 0.2) is 12.4 Å². The maximum atomic E-state index is 5.42. The number of hydrogen-bond acceptors (Lipinski definition) is 3. The van der Waals surface area contributed by atoms with E-state index in [9.17, 15) is 0 Å². The molecule has 1 atom stereocenters. The van der Waals surface area contributed by atoms with Crippen LogP contribution in [0.4, 0.5) is 0 Å². The molecule has 1 aromatic heterocycles. The molecule has 0 aliphatic carbocycles. The molecule has 1 aromatic rings. The first-order valence-electron chi connectivity index (χ1n) is 6.21. The van der Waals surface area contributed by atoms with Crippen molar-refractivity contribution in [1.82, 2.24) is 14.9 Å². The van der Waals surface area contributed by atoms with E-state index in [1.165, 1.54) is 0 Å². The molecular weight excluding hydrogens is 214 g/mol. The first kappa shape index (κ1) is 14.2. The zero-order valence-corrected chi connectivity index (χ0v) is 11.7. The van der Waals surface area contributed by atoms with E-state index in [2.05, 4.69) is 35.6 Å². The Hall–Kier alpha value is -0.870. The summed E-state index contributed by atoms with van der Waals surface area (Å²) in [5, 5.41) is 3.51. The van der Waals surface area contributed by atoms with Crippen LogP contribution in [-0.4, -0.2) is 34.8 Å². The van der Waals surface area contributed by atoms with Gasteiger partial charge < -0.3 is 14.6 Å². The fraction of sp³-hybridized carbons (Fsp3) is 0.769. The summed E-state index contributed by atoms with van der Waals surface area (Å²) in [7, 11) is 1.77. The second-order valence-corrected chi connectivity index (χ2v) is 5.19. The van der Waals surface area contributed by atoms with Crippen molar-refractivity contribution in [2.45, 2.75) is 52.3 Å². The Bertz CT molecular complexity index is 333. The van der Waals surface area contributed by atoms with Crippen molar-refractivity contribution in [3.05, 3.63) is 18.2 Å². The predicted molar refractivity (Wildman–Crippen MR) is 70.1 cm³/mol. The maximum Gasteiger partial charge on any atom is 0.105 e. The molecule has 0 amide bonds. The van der Waals surface area contributed by atoms with E-state index in [1.807, 2.05) is 19.3 Å². The Kier molecular flexibility index (Phi) is 5.15. The molecule has 4 heteroatoms. The minimum atomic E-state index is -0.0582. The quantitative estimate of drug-likeness (QED) is 0.791. The van der Waals surface area contributed by atoms with Crippen molar-refractivity contribution in [2.24, 2.45) is 0 Å². The van der Waals surface area contributed by atoms with E-state index in [0.717, 1.165) is 25.3 Å². The van der Waals surface area contributed by atoms with Gasteiger partial charge in [0.05, 0.1) is 5.60 Å². The molecule has 1 N–H and O–H groups in total. The lowest BCUT2D eigenvalue weighted by molar-refractivity contribution is 0.00856. The summed E-state index contributed by atoms with van der Waals surface area (Å²) >= 11 is 0. The van der Waals surface area contributed by atoms with Crippen LogP contribution in [0, 0.1) is 6.92 Å². The van der Waals surface area contributed by atoms with Gasteiger partial charge in [0.1, 0.15) is 5.82 Å². The molecule has 1 heterocycles. The first-order valence-corrected chi connectivity index (χ1v) is 6.21. The normalized spacial score (nSPS) is 13.9. The summed E-state index contributed by atoms with van der Waals surface area (Å²) in [5.41, 5.74) is -0.0582. The van der Waals surface area contributed by atoms with Gasteiger partial charge in [-0.15, -0.1) is 0 Å². The van der Waals surface area contributed by atoms with Crippen LogP contribution in [0.25, 0.3) is 0 Å². The lowest BCUT2D eigenvalue weighted by Gasteiger charge is -2.27. The van der Waals surface area contributed by atoms with E-state index in [1.54, 1.807) is 7.11 Å². The largest absolute Gasteiger partial charge is 0.379 e. The minimum absolute atomic E-state index is 0.0582. The molecule has 0 spiro atoms. The van der Waals surface area contributed by atoms with Crippen LogP contribution < -0.4 is 5.32 Å². The van der Waals surface area contributed by atoms with Crippen molar-refractivity contribution >= 4 is 0 Å². The number of rotatable bonds is 7. The van der Waals surface area contributed by atoms with Crippen LogP contribution in [0.3, 0.4) is 0 Å². The van der Waals surface area contributed by atoms with Crippen molar-refractivity contribution in [2.75, 3.05) is 13.7 Å². The Morgan fingerprint density at radius 2 is 2.24 bits per heavy atom. The Balaban J connectivity index is 2.25. The standard InChI is InChI=1S/C13H25N3O/c1-11(10-13(3,4)17-5)14-6-8-16-9-7-15-12(16)2/h7,9,11,14H,6,8,10H2,1-5H3. The molecule has 0 saturated carbocycles. The molecule has 4 nitrogen and oxygen atoms in total.